The van der Waals surface area contributed by atoms with Crippen molar-refractivity contribution in [3.05, 3.63) is 35.4 Å². The highest BCUT2D eigenvalue weighted by Gasteiger charge is 2.31. The number of benzene rings is 1. The fraction of sp³-hybridized carbons (Fsp3) is 0.647. The van der Waals surface area contributed by atoms with E-state index >= 15 is 0 Å². The van der Waals surface area contributed by atoms with Crippen molar-refractivity contribution < 1.29 is 0 Å². The van der Waals surface area contributed by atoms with Crippen LogP contribution in [0.2, 0.25) is 0 Å². The Balaban J connectivity index is 2.33. The summed E-state index contributed by atoms with van der Waals surface area (Å²) in [5.41, 5.74) is 3.11. The third-order valence-corrected chi connectivity index (χ3v) is 4.55. The second-order valence-corrected chi connectivity index (χ2v) is 5.97. The zero-order valence-corrected chi connectivity index (χ0v) is 12.2. The van der Waals surface area contributed by atoms with E-state index in [4.69, 9.17) is 0 Å². The van der Waals surface area contributed by atoms with Gasteiger partial charge >= 0.3 is 0 Å². The van der Waals surface area contributed by atoms with E-state index in [0.29, 0.717) is 18.0 Å². The molecule has 0 aliphatic carbocycles. The molecule has 1 aliphatic rings. The summed E-state index contributed by atoms with van der Waals surface area (Å²) in [6.07, 6.45) is 3.70. The van der Waals surface area contributed by atoms with Crippen LogP contribution < -0.4 is 5.32 Å². The molecule has 2 unspecified atom stereocenters. The van der Waals surface area contributed by atoms with Gasteiger partial charge in [-0.05, 0) is 29.4 Å². The third kappa shape index (κ3) is 2.61. The van der Waals surface area contributed by atoms with Gasteiger partial charge in [-0.15, -0.1) is 0 Å². The highest BCUT2D eigenvalue weighted by atomic mass is 15.0. The van der Waals surface area contributed by atoms with Crippen molar-refractivity contribution in [1.29, 1.82) is 0 Å². The Bertz CT molecular complexity index is 379. The summed E-state index contributed by atoms with van der Waals surface area (Å²) in [5, 5.41) is 3.91. The second-order valence-electron chi connectivity index (χ2n) is 5.97. The molecule has 0 spiro atoms. The van der Waals surface area contributed by atoms with Crippen LogP contribution in [-0.2, 0) is 6.42 Å². The summed E-state index contributed by atoms with van der Waals surface area (Å²) in [5.74, 6) is 1.46. The first-order valence-electron chi connectivity index (χ1n) is 7.51. The topological polar surface area (TPSA) is 12.0 Å². The van der Waals surface area contributed by atoms with Gasteiger partial charge in [0.2, 0.25) is 0 Å². The first-order chi connectivity index (χ1) is 8.67. The molecule has 1 nitrogen and oxygen atoms in total. The lowest BCUT2D eigenvalue weighted by atomic mass is 9.79. The van der Waals surface area contributed by atoms with Gasteiger partial charge in [0, 0.05) is 12.1 Å². The van der Waals surface area contributed by atoms with Crippen LogP contribution in [-0.4, -0.2) is 6.04 Å². The summed E-state index contributed by atoms with van der Waals surface area (Å²) in [4.78, 5) is 0. The van der Waals surface area contributed by atoms with Gasteiger partial charge in [-0.25, -0.2) is 0 Å². The molecule has 1 aromatic carbocycles. The number of hydrogen-bond acceptors (Lipinski definition) is 1. The van der Waals surface area contributed by atoms with Gasteiger partial charge in [0.1, 0.15) is 0 Å². The van der Waals surface area contributed by atoms with E-state index in [0.717, 1.165) is 5.92 Å². The molecule has 0 fully saturated rings. The van der Waals surface area contributed by atoms with Crippen molar-refractivity contribution in [2.75, 3.05) is 0 Å². The van der Waals surface area contributed by atoms with E-state index in [-0.39, 0.29) is 0 Å². The first kappa shape index (κ1) is 13.6. The molecule has 100 valence electrons. The first-order valence-corrected chi connectivity index (χ1v) is 7.51. The van der Waals surface area contributed by atoms with Gasteiger partial charge in [0.05, 0.1) is 0 Å². The normalized spacial score (nSPS) is 23.4. The highest BCUT2D eigenvalue weighted by molar-refractivity contribution is 5.34. The molecule has 0 saturated heterocycles. The summed E-state index contributed by atoms with van der Waals surface area (Å²) >= 11 is 0. The molecule has 18 heavy (non-hydrogen) atoms. The molecular formula is C17H27N. The van der Waals surface area contributed by atoms with Crippen LogP contribution in [0.4, 0.5) is 0 Å². The molecule has 0 aromatic heterocycles. The van der Waals surface area contributed by atoms with Crippen LogP contribution in [0.25, 0.3) is 0 Å². The van der Waals surface area contributed by atoms with Crippen molar-refractivity contribution >= 4 is 0 Å². The Labute approximate surface area is 112 Å². The number of rotatable bonds is 4. The van der Waals surface area contributed by atoms with Gasteiger partial charge in [-0.1, -0.05) is 64.8 Å². The predicted molar refractivity (Wildman–Crippen MR) is 78.7 cm³/mol. The fourth-order valence-electron chi connectivity index (χ4n) is 3.22. The lowest BCUT2D eigenvalue weighted by molar-refractivity contribution is 0.256. The van der Waals surface area contributed by atoms with Crippen molar-refractivity contribution in [3.8, 4) is 0 Å². The molecule has 1 aliphatic heterocycles. The maximum atomic E-state index is 3.91. The fourth-order valence-corrected chi connectivity index (χ4v) is 3.22. The predicted octanol–water partition coefficient (Wildman–Crippen LogP) is 4.33. The number of nitrogens with one attached hydrogen (secondary N) is 1. The second kappa shape index (κ2) is 5.88. The van der Waals surface area contributed by atoms with Crippen LogP contribution in [0.1, 0.15) is 57.7 Å². The Morgan fingerprint density at radius 3 is 2.44 bits per heavy atom. The van der Waals surface area contributed by atoms with Crippen molar-refractivity contribution in [1.82, 2.24) is 5.32 Å². The van der Waals surface area contributed by atoms with E-state index in [9.17, 15) is 0 Å². The van der Waals surface area contributed by atoms with Crippen LogP contribution >= 0.6 is 0 Å². The molecule has 1 aromatic rings. The standard InChI is InChI=1S/C17H27N/c1-5-13(6-2)17-15-10-8-7-9-14(15)11-16(18-17)12(3)4/h7-10,12-13,16-18H,5-6,11H2,1-4H3. The van der Waals surface area contributed by atoms with Gasteiger partial charge in [-0.2, -0.15) is 0 Å². The average molecular weight is 245 g/mol. The van der Waals surface area contributed by atoms with Crippen molar-refractivity contribution in [2.24, 2.45) is 11.8 Å². The molecule has 1 heteroatoms. The van der Waals surface area contributed by atoms with E-state index in [2.05, 4.69) is 57.3 Å². The SMILES string of the molecule is CCC(CC)C1NC(C(C)C)Cc2ccccc21. The molecule has 2 atom stereocenters. The van der Waals surface area contributed by atoms with Gasteiger partial charge in [0.25, 0.3) is 0 Å². The third-order valence-electron chi connectivity index (χ3n) is 4.55. The molecule has 1 N–H and O–H groups in total. The van der Waals surface area contributed by atoms with E-state index in [1.165, 1.54) is 19.3 Å². The summed E-state index contributed by atoms with van der Waals surface area (Å²) < 4.78 is 0. The minimum absolute atomic E-state index is 0.553. The molecular weight excluding hydrogens is 218 g/mol. The number of fused-ring (bicyclic) bond motifs is 1. The van der Waals surface area contributed by atoms with E-state index in [1.807, 2.05) is 0 Å². The van der Waals surface area contributed by atoms with Crippen molar-refractivity contribution in [3.63, 3.8) is 0 Å². The van der Waals surface area contributed by atoms with Crippen LogP contribution in [0.3, 0.4) is 0 Å². The largest absolute Gasteiger partial charge is 0.306 e. The monoisotopic (exact) mass is 245 g/mol. The van der Waals surface area contributed by atoms with Gasteiger partial charge in [-0.3, -0.25) is 0 Å². The maximum absolute atomic E-state index is 3.91. The highest BCUT2D eigenvalue weighted by Crippen LogP contribution is 2.35. The summed E-state index contributed by atoms with van der Waals surface area (Å²) in [6, 6.07) is 10.2. The van der Waals surface area contributed by atoms with Crippen LogP contribution in [0, 0.1) is 11.8 Å². The quantitative estimate of drug-likeness (QED) is 0.832. The molecule has 1 heterocycles. The Morgan fingerprint density at radius 1 is 1.17 bits per heavy atom. The van der Waals surface area contributed by atoms with Crippen LogP contribution in [0.15, 0.2) is 24.3 Å². The minimum Gasteiger partial charge on any atom is -0.306 e. The Hall–Kier alpha value is -0.820. The summed E-state index contributed by atoms with van der Waals surface area (Å²) in [7, 11) is 0. The van der Waals surface area contributed by atoms with E-state index in [1.54, 1.807) is 11.1 Å². The zero-order chi connectivity index (χ0) is 13.1. The maximum Gasteiger partial charge on any atom is 0.0353 e. The van der Waals surface area contributed by atoms with Crippen LogP contribution in [0.5, 0.6) is 0 Å². The molecule has 0 saturated carbocycles. The van der Waals surface area contributed by atoms with Gasteiger partial charge < -0.3 is 5.32 Å². The minimum atomic E-state index is 0.553. The van der Waals surface area contributed by atoms with E-state index < -0.39 is 0 Å². The summed E-state index contributed by atoms with van der Waals surface area (Å²) in [6.45, 7) is 9.29. The lowest BCUT2D eigenvalue weighted by Crippen LogP contribution is -2.45. The lowest BCUT2D eigenvalue weighted by Gasteiger charge is -2.39. The average Bonchev–Trinajstić information content (AvgIpc) is 2.39. The molecule has 0 amide bonds. The van der Waals surface area contributed by atoms with Crippen molar-refractivity contribution in [2.45, 2.75) is 59.0 Å². The zero-order valence-electron chi connectivity index (χ0n) is 12.2. The number of hydrogen-bond donors (Lipinski definition) is 1. The Kier molecular flexibility index (Phi) is 4.45. The molecule has 0 bridgehead atoms. The Morgan fingerprint density at radius 2 is 1.83 bits per heavy atom. The smallest absolute Gasteiger partial charge is 0.0353 e. The molecule has 2 rings (SSSR count). The molecule has 0 radical (unpaired) electrons. The van der Waals surface area contributed by atoms with Gasteiger partial charge in [0.15, 0.2) is 0 Å².